The lowest BCUT2D eigenvalue weighted by Gasteiger charge is -1.71. The highest BCUT2D eigenvalue weighted by molar-refractivity contribution is 4.92. The van der Waals surface area contributed by atoms with Crippen molar-refractivity contribution in [3.63, 3.8) is 0 Å². The fraction of sp³-hybridized carbons (Fsp3) is 0.143. The highest BCUT2D eigenvalue weighted by atomic mass is 19.2. The first kappa shape index (κ1) is 7.72. The monoisotopic (exact) mass is 126 g/mol. The van der Waals surface area contributed by atoms with Crippen LogP contribution < -0.4 is 0 Å². The number of hydrogen-bond acceptors (Lipinski definition) is 0. The third-order valence-corrected chi connectivity index (χ3v) is 0.466. The van der Waals surface area contributed by atoms with Gasteiger partial charge in [-0.1, -0.05) is 5.73 Å². The third kappa shape index (κ3) is 4.58. The normalized spacial score (nSPS) is 6.00. The van der Waals surface area contributed by atoms with E-state index in [9.17, 15) is 8.78 Å². The molecule has 0 saturated heterocycles. The molecule has 0 aliphatic heterocycles. The molecule has 0 saturated carbocycles. The van der Waals surface area contributed by atoms with Gasteiger partial charge in [-0.3, -0.25) is 0 Å². The lowest BCUT2D eigenvalue weighted by atomic mass is 10.6. The van der Waals surface area contributed by atoms with Gasteiger partial charge in [0.25, 0.3) is 0 Å². The standard InChI is InChI=1S/C7H4F2/c1-2-3-4-5-7(9)6-8/h1,6H2. The maximum absolute atomic E-state index is 11.7. The Morgan fingerprint density at radius 1 is 1.44 bits per heavy atom. The van der Waals surface area contributed by atoms with E-state index >= 15 is 0 Å². The van der Waals surface area contributed by atoms with E-state index < -0.39 is 12.5 Å². The van der Waals surface area contributed by atoms with Crippen molar-refractivity contribution in [1.82, 2.24) is 0 Å². The summed E-state index contributed by atoms with van der Waals surface area (Å²) < 4.78 is 23.0. The van der Waals surface area contributed by atoms with E-state index in [1.54, 1.807) is 0 Å². The quantitative estimate of drug-likeness (QED) is 0.472. The molecule has 9 heavy (non-hydrogen) atoms. The molecular weight excluding hydrogens is 122 g/mol. The first-order chi connectivity index (χ1) is 4.31. The minimum absolute atomic E-state index is 1.00. The van der Waals surface area contributed by atoms with E-state index in [1.165, 1.54) is 0 Å². The summed E-state index contributed by atoms with van der Waals surface area (Å²) >= 11 is 0. The molecule has 0 aromatic rings. The molecule has 0 aliphatic rings. The molecule has 0 radical (unpaired) electrons. The van der Waals surface area contributed by atoms with Crippen LogP contribution in [0.3, 0.4) is 0 Å². The fourth-order valence-corrected chi connectivity index (χ4v) is 0.177. The molecule has 0 amide bonds. The Morgan fingerprint density at radius 3 is 2.56 bits per heavy atom. The number of rotatable bonds is 1. The van der Waals surface area contributed by atoms with Crippen molar-refractivity contribution in [2.24, 2.45) is 0 Å². The highest BCUT2D eigenvalue weighted by Crippen LogP contribution is 1.90. The van der Waals surface area contributed by atoms with Crippen LogP contribution in [-0.4, -0.2) is 6.67 Å². The molecule has 0 unspecified atom stereocenters. The second kappa shape index (κ2) is 4.87. The Bertz CT molecular complexity index is 228. The van der Waals surface area contributed by atoms with Crippen molar-refractivity contribution in [2.75, 3.05) is 6.67 Å². The number of allylic oxidation sites excluding steroid dienone is 1. The smallest absolute Gasteiger partial charge is 0.182 e. The van der Waals surface area contributed by atoms with Gasteiger partial charge in [0.05, 0.1) is 0 Å². The minimum Gasteiger partial charge on any atom is -0.243 e. The van der Waals surface area contributed by atoms with Crippen molar-refractivity contribution in [2.45, 2.75) is 0 Å². The molecule has 0 aliphatic carbocycles. The SMILES string of the molecule is C=C=C=C=C=C(F)CF. The van der Waals surface area contributed by atoms with Gasteiger partial charge in [0.15, 0.2) is 5.83 Å². The molecule has 0 aromatic carbocycles. The summed E-state index contributed by atoms with van der Waals surface area (Å²) in [5.74, 6) is -1.00. The van der Waals surface area contributed by atoms with Crippen molar-refractivity contribution in [3.05, 3.63) is 35.3 Å². The van der Waals surface area contributed by atoms with E-state index in [0.717, 1.165) is 0 Å². The van der Waals surface area contributed by atoms with Gasteiger partial charge < -0.3 is 0 Å². The summed E-state index contributed by atoms with van der Waals surface area (Å²) in [4.78, 5) is 0. The van der Waals surface area contributed by atoms with E-state index in [2.05, 4.69) is 23.8 Å². The van der Waals surface area contributed by atoms with Gasteiger partial charge in [-0.05, 0) is 23.8 Å². The summed E-state index contributed by atoms with van der Waals surface area (Å²) in [6.45, 7) is 1.96. The first-order valence-electron chi connectivity index (χ1n) is 2.16. The molecule has 0 fully saturated rings. The molecule has 46 valence electrons. The van der Waals surface area contributed by atoms with Crippen molar-refractivity contribution in [3.8, 4) is 0 Å². The molecule has 0 rings (SSSR count). The summed E-state index contributed by atoms with van der Waals surface area (Å²) in [7, 11) is 0. The van der Waals surface area contributed by atoms with Crippen LogP contribution >= 0.6 is 0 Å². The maximum Gasteiger partial charge on any atom is 0.182 e. The number of hydrogen-bond donors (Lipinski definition) is 0. The Balaban J connectivity index is 4.64. The zero-order chi connectivity index (χ0) is 7.11. The molecule has 0 aromatic heterocycles. The van der Waals surface area contributed by atoms with E-state index in [-0.39, 0.29) is 0 Å². The van der Waals surface area contributed by atoms with Crippen molar-refractivity contribution < 1.29 is 8.78 Å². The van der Waals surface area contributed by atoms with Crippen LogP contribution in [0.5, 0.6) is 0 Å². The predicted octanol–water partition coefficient (Wildman–Crippen LogP) is 2.06. The predicted molar refractivity (Wildman–Crippen MR) is 30.3 cm³/mol. The highest BCUT2D eigenvalue weighted by Gasteiger charge is 1.84. The van der Waals surface area contributed by atoms with Crippen molar-refractivity contribution >= 4 is 0 Å². The Morgan fingerprint density at radius 2 is 2.11 bits per heavy atom. The van der Waals surface area contributed by atoms with E-state index in [0.29, 0.717) is 0 Å². The van der Waals surface area contributed by atoms with Gasteiger partial charge in [0.1, 0.15) is 6.67 Å². The molecule has 0 atom stereocenters. The average molecular weight is 126 g/mol. The fourth-order valence-electron chi connectivity index (χ4n) is 0.177. The molecule has 2 heteroatoms. The lowest BCUT2D eigenvalue weighted by molar-refractivity contribution is 0.460. The summed E-state index contributed by atoms with van der Waals surface area (Å²) in [6.07, 6.45) is 0. The molecule has 0 heterocycles. The molecule has 0 N–H and O–H groups in total. The maximum atomic E-state index is 11.7. The zero-order valence-corrected chi connectivity index (χ0v) is 4.67. The average Bonchev–Trinajstić information content (AvgIpc) is 1.89. The van der Waals surface area contributed by atoms with Crippen LogP contribution in [0.25, 0.3) is 0 Å². The topological polar surface area (TPSA) is 0 Å². The van der Waals surface area contributed by atoms with Gasteiger partial charge >= 0.3 is 0 Å². The van der Waals surface area contributed by atoms with Gasteiger partial charge in [0.2, 0.25) is 0 Å². The van der Waals surface area contributed by atoms with Gasteiger partial charge in [-0.2, -0.15) is 4.39 Å². The Kier molecular flexibility index (Phi) is 4.18. The van der Waals surface area contributed by atoms with E-state index in [4.69, 9.17) is 0 Å². The second-order valence-electron chi connectivity index (χ2n) is 1.09. The van der Waals surface area contributed by atoms with Crippen LogP contribution in [0.15, 0.2) is 35.3 Å². The minimum atomic E-state index is -1.16. The van der Waals surface area contributed by atoms with Gasteiger partial charge in [-0.25, -0.2) is 4.39 Å². The molecule has 0 bridgehead atoms. The molecular formula is C7H4F2. The third-order valence-electron chi connectivity index (χ3n) is 0.466. The largest absolute Gasteiger partial charge is 0.243 e. The summed E-state index contributed by atoms with van der Waals surface area (Å²) in [5, 5.41) is 0. The van der Waals surface area contributed by atoms with Crippen LogP contribution in [0.2, 0.25) is 0 Å². The summed E-state index contributed by atoms with van der Waals surface area (Å²) in [6, 6.07) is 0. The second-order valence-corrected chi connectivity index (χ2v) is 1.09. The number of alkyl halides is 1. The van der Waals surface area contributed by atoms with Gasteiger partial charge in [-0.15, -0.1) is 0 Å². The van der Waals surface area contributed by atoms with Crippen LogP contribution in [0, 0.1) is 0 Å². The van der Waals surface area contributed by atoms with Crippen LogP contribution in [0.1, 0.15) is 0 Å². The van der Waals surface area contributed by atoms with Crippen molar-refractivity contribution in [1.29, 1.82) is 0 Å². The van der Waals surface area contributed by atoms with Crippen LogP contribution in [-0.2, 0) is 0 Å². The Hall–Kier alpha value is -1.28. The van der Waals surface area contributed by atoms with Crippen LogP contribution in [0.4, 0.5) is 8.78 Å². The van der Waals surface area contributed by atoms with Gasteiger partial charge in [0, 0.05) is 0 Å². The molecule has 0 nitrogen and oxygen atoms in total. The van der Waals surface area contributed by atoms with E-state index in [1.807, 2.05) is 5.73 Å². The Labute approximate surface area is 51.8 Å². The first-order valence-corrected chi connectivity index (χ1v) is 2.16. The number of halogens is 2. The zero-order valence-electron chi connectivity index (χ0n) is 4.67. The lowest BCUT2D eigenvalue weighted by Crippen LogP contribution is -1.67. The summed E-state index contributed by atoms with van der Waals surface area (Å²) in [5.41, 5.74) is 8.24. The molecule has 0 spiro atoms.